The number of β-lactam (4-membered cyclic amide) rings is 1. The van der Waals surface area contributed by atoms with Gasteiger partial charge in [0.15, 0.2) is 0 Å². The van der Waals surface area contributed by atoms with E-state index in [4.69, 9.17) is 4.74 Å². The van der Waals surface area contributed by atoms with E-state index in [0.29, 0.717) is 24.1 Å². The molecule has 1 heterocycles. The van der Waals surface area contributed by atoms with Crippen LogP contribution in [0.25, 0.3) is 11.1 Å². The van der Waals surface area contributed by atoms with Crippen LogP contribution >= 0.6 is 0 Å². The molecule has 4 aromatic carbocycles. The van der Waals surface area contributed by atoms with Gasteiger partial charge in [0, 0.05) is 5.69 Å². The zero-order valence-corrected chi connectivity index (χ0v) is 21.9. The number of carbonyl (C=O) groups is 1. The number of halogens is 2. The lowest BCUT2D eigenvalue weighted by Gasteiger charge is -2.48. The summed E-state index contributed by atoms with van der Waals surface area (Å²) in [6, 6.07) is 27.4. The minimum absolute atomic E-state index is 0.0690. The Balaban J connectivity index is 1.38. The number of carbonyl (C=O) groups excluding carboxylic acids is 1. The maximum atomic E-state index is 13.6. The van der Waals surface area contributed by atoms with E-state index in [0.717, 1.165) is 22.4 Å². The Morgan fingerprint density at radius 2 is 1.49 bits per heavy atom. The molecule has 200 valence electrons. The van der Waals surface area contributed by atoms with E-state index in [2.05, 4.69) is 0 Å². The maximum Gasteiger partial charge on any atom is 0.233 e. The molecule has 1 fully saturated rings. The Bertz CT molecular complexity index is 1420. The van der Waals surface area contributed by atoms with Crippen molar-refractivity contribution in [3.63, 3.8) is 0 Å². The van der Waals surface area contributed by atoms with Gasteiger partial charge in [-0.25, -0.2) is 8.78 Å². The molecule has 0 unspecified atom stereocenters. The van der Waals surface area contributed by atoms with Crippen LogP contribution in [0.15, 0.2) is 97.1 Å². The first kappa shape index (κ1) is 26.6. The molecule has 0 saturated carbocycles. The van der Waals surface area contributed by atoms with E-state index < -0.39 is 6.10 Å². The van der Waals surface area contributed by atoms with Crippen molar-refractivity contribution in [2.75, 3.05) is 4.90 Å². The Morgan fingerprint density at radius 1 is 0.846 bits per heavy atom. The standard InChI is InChI=1S/C33H31F2NO3/c1-21(2)39-29-5-3-4-25(20-29)22-6-8-24(9-7-22)32-30(18-19-31(37)23-10-12-26(34)13-11-23)33(38)36(32)28-16-14-27(35)15-17-28/h3-17,20-21,30-32,37H,18-19H2,1-2H3/t30-,31+,32-/m1/s1. The molecule has 1 aliphatic heterocycles. The summed E-state index contributed by atoms with van der Waals surface area (Å²) in [5.41, 5.74) is 4.25. The first-order valence-corrected chi connectivity index (χ1v) is 13.2. The highest BCUT2D eigenvalue weighted by molar-refractivity contribution is 6.03. The largest absolute Gasteiger partial charge is 0.491 e. The van der Waals surface area contributed by atoms with Gasteiger partial charge >= 0.3 is 0 Å². The van der Waals surface area contributed by atoms with Gasteiger partial charge in [0.2, 0.25) is 5.91 Å². The highest BCUT2D eigenvalue weighted by Gasteiger charge is 2.48. The molecule has 0 spiro atoms. The summed E-state index contributed by atoms with van der Waals surface area (Å²) in [7, 11) is 0. The van der Waals surface area contributed by atoms with Gasteiger partial charge in [-0.3, -0.25) is 4.79 Å². The molecule has 1 amide bonds. The van der Waals surface area contributed by atoms with Crippen LogP contribution in [-0.2, 0) is 4.79 Å². The number of benzene rings is 4. The highest BCUT2D eigenvalue weighted by Crippen LogP contribution is 2.46. The lowest BCUT2D eigenvalue weighted by molar-refractivity contribution is -0.131. The number of hydrogen-bond donors (Lipinski definition) is 1. The summed E-state index contributed by atoms with van der Waals surface area (Å²) in [5.74, 6) is -0.342. The number of ether oxygens (including phenoxy) is 1. The highest BCUT2D eigenvalue weighted by atomic mass is 19.1. The van der Waals surface area contributed by atoms with E-state index in [1.54, 1.807) is 29.2 Å². The molecular formula is C33H31F2NO3. The van der Waals surface area contributed by atoms with Gasteiger partial charge in [-0.2, -0.15) is 0 Å². The molecule has 0 aromatic heterocycles. The lowest BCUT2D eigenvalue weighted by Crippen LogP contribution is -2.55. The fraction of sp³-hybridized carbons (Fsp3) is 0.242. The molecule has 0 radical (unpaired) electrons. The molecular weight excluding hydrogens is 496 g/mol. The molecule has 0 aliphatic carbocycles. The van der Waals surface area contributed by atoms with Gasteiger partial charge in [0.1, 0.15) is 17.4 Å². The van der Waals surface area contributed by atoms with Crippen molar-refractivity contribution in [2.24, 2.45) is 5.92 Å². The Morgan fingerprint density at radius 3 is 2.13 bits per heavy atom. The summed E-state index contributed by atoms with van der Waals surface area (Å²) in [4.78, 5) is 15.0. The zero-order chi connectivity index (χ0) is 27.5. The quantitative estimate of drug-likeness (QED) is 0.228. The Kier molecular flexibility index (Phi) is 7.75. The number of hydrogen-bond acceptors (Lipinski definition) is 3. The monoisotopic (exact) mass is 527 g/mol. The summed E-state index contributed by atoms with van der Waals surface area (Å²) in [5, 5.41) is 10.7. The SMILES string of the molecule is CC(C)Oc1cccc(-c2ccc([C@@H]3[C@@H](CC[C@H](O)c4ccc(F)cc4)C(=O)N3c3ccc(F)cc3)cc2)c1. The van der Waals surface area contributed by atoms with Crippen molar-refractivity contribution in [1.29, 1.82) is 0 Å². The van der Waals surface area contributed by atoms with Crippen LogP contribution in [0.5, 0.6) is 5.75 Å². The van der Waals surface area contributed by atoms with Gasteiger partial charge in [0.25, 0.3) is 0 Å². The Hall–Kier alpha value is -4.03. The fourth-order valence-electron chi connectivity index (χ4n) is 5.18. The van der Waals surface area contributed by atoms with Crippen molar-refractivity contribution < 1.29 is 23.4 Å². The van der Waals surface area contributed by atoms with Crippen molar-refractivity contribution in [3.8, 4) is 16.9 Å². The number of aliphatic hydroxyl groups is 1. The topological polar surface area (TPSA) is 49.8 Å². The lowest BCUT2D eigenvalue weighted by atomic mass is 9.78. The third kappa shape index (κ3) is 5.86. The van der Waals surface area contributed by atoms with Gasteiger partial charge in [-0.15, -0.1) is 0 Å². The van der Waals surface area contributed by atoms with Gasteiger partial charge in [0.05, 0.1) is 24.2 Å². The van der Waals surface area contributed by atoms with Crippen LogP contribution in [-0.4, -0.2) is 17.1 Å². The van der Waals surface area contributed by atoms with Crippen molar-refractivity contribution in [3.05, 3.63) is 120 Å². The predicted octanol–water partition coefficient (Wildman–Crippen LogP) is 7.64. The van der Waals surface area contributed by atoms with E-state index in [-0.39, 0.29) is 35.6 Å². The third-order valence-electron chi connectivity index (χ3n) is 7.12. The van der Waals surface area contributed by atoms with Crippen molar-refractivity contribution in [1.82, 2.24) is 0 Å². The van der Waals surface area contributed by atoms with E-state index in [1.807, 2.05) is 62.4 Å². The van der Waals surface area contributed by atoms with Crippen LogP contribution < -0.4 is 9.64 Å². The van der Waals surface area contributed by atoms with Crippen molar-refractivity contribution in [2.45, 2.75) is 44.9 Å². The summed E-state index contributed by atoms with van der Waals surface area (Å²) in [6.45, 7) is 3.98. The zero-order valence-electron chi connectivity index (χ0n) is 21.9. The minimum Gasteiger partial charge on any atom is -0.491 e. The molecule has 4 nitrogen and oxygen atoms in total. The molecule has 5 rings (SSSR count). The molecule has 6 heteroatoms. The van der Waals surface area contributed by atoms with Crippen LogP contribution in [0, 0.1) is 17.6 Å². The molecule has 0 bridgehead atoms. The second kappa shape index (κ2) is 11.4. The van der Waals surface area contributed by atoms with Crippen LogP contribution in [0.2, 0.25) is 0 Å². The number of aliphatic hydroxyl groups excluding tert-OH is 1. The summed E-state index contributed by atoms with van der Waals surface area (Å²) >= 11 is 0. The van der Waals surface area contributed by atoms with Gasteiger partial charge in [-0.05, 0) is 97.5 Å². The Labute approximate surface area is 227 Å². The van der Waals surface area contributed by atoms with Crippen LogP contribution in [0.4, 0.5) is 14.5 Å². The van der Waals surface area contributed by atoms with Gasteiger partial charge in [-0.1, -0.05) is 48.5 Å². The molecule has 1 aliphatic rings. The minimum atomic E-state index is -0.804. The number of anilines is 1. The average molecular weight is 528 g/mol. The maximum absolute atomic E-state index is 13.6. The molecule has 39 heavy (non-hydrogen) atoms. The first-order chi connectivity index (χ1) is 18.8. The molecule has 3 atom stereocenters. The predicted molar refractivity (Wildman–Crippen MR) is 148 cm³/mol. The van der Waals surface area contributed by atoms with Crippen molar-refractivity contribution >= 4 is 11.6 Å². The first-order valence-electron chi connectivity index (χ1n) is 13.2. The molecule has 4 aromatic rings. The van der Waals surface area contributed by atoms with E-state index >= 15 is 0 Å². The number of nitrogens with zero attached hydrogens (tertiary/aromatic N) is 1. The number of amides is 1. The summed E-state index contributed by atoms with van der Waals surface area (Å²) < 4.78 is 32.7. The van der Waals surface area contributed by atoms with Crippen LogP contribution in [0.1, 0.15) is 50.0 Å². The van der Waals surface area contributed by atoms with Crippen LogP contribution in [0.3, 0.4) is 0 Å². The third-order valence-corrected chi connectivity index (χ3v) is 7.12. The second-order valence-electron chi connectivity index (χ2n) is 10.2. The smallest absolute Gasteiger partial charge is 0.233 e. The van der Waals surface area contributed by atoms with E-state index in [9.17, 15) is 18.7 Å². The fourth-order valence-corrected chi connectivity index (χ4v) is 5.18. The van der Waals surface area contributed by atoms with Gasteiger partial charge < -0.3 is 14.7 Å². The molecule has 1 N–H and O–H groups in total. The molecule has 1 saturated heterocycles. The number of rotatable bonds is 9. The van der Waals surface area contributed by atoms with E-state index in [1.165, 1.54) is 24.3 Å². The summed E-state index contributed by atoms with van der Waals surface area (Å²) in [6.07, 6.45) is 0.0865. The average Bonchev–Trinajstić information content (AvgIpc) is 2.93. The normalized spacial score (nSPS) is 17.7. The second-order valence-corrected chi connectivity index (χ2v) is 10.2.